The van der Waals surface area contributed by atoms with Gasteiger partial charge in [0.2, 0.25) is 0 Å². The molecule has 23 heavy (non-hydrogen) atoms. The van der Waals surface area contributed by atoms with Gasteiger partial charge in [-0.15, -0.1) is 0 Å². The van der Waals surface area contributed by atoms with Crippen molar-refractivity contribution in [1.82, 2.24) is 5.32 Å². The highest BCUT2D eigenvalue weighted by Gasteiger charge is 2.25. The number of nitrogens with one attached hydrogen (secondary N) is 1. The van der Waals surface area contributed by atoms with Crippen molar-refractivity contribution >= 4 is 11.9 Å². The molecule has 0 fully saturated rings. The van der Waals surface area contributed by atoms with Gasteiger partial charge < -0.3 is 15.5 Å². The Morgan fingerprint density at radius 1 is 1.00 bits per heavy atom. The van der Waals surface area contributed by atoms with Gasteiger partial charge in [-0.1, -0.05) is 42.5 Å². The number of carboxylic acid groups (broad SMARTS) is 1. The number of carbonyl (C=O) groups excluding carboxylic acids is 1. The third-order valence-corrected chi connectivity index (χ3v) is 3.45. The van der Waals surface area contributed by atoms with Crippen molar-refractivity contribution < 1.29 is 19.8 Å². The van der Waals surface area contributed by atoms with E-state index in [1.807, 2.05) is 0 Å². The molecule has 5 heteroatoms. The van der Waals surface area contributed by atoms with E-state index in [4.69, 9.17) is 5.11 Å². The summed E-state index contributed by atoms with van der Waals surface area (Å²) in [6, 6.07) is 15.5. The number of aliphatic hydroxyl groups is 1. The number of aliphatic carboxylic acids is 1. The third kappa shape index (κ3) is 4.93. The van der Waals surface area contributed by atoms with Gasteiger partial charge in [0.15, 0.2) is 6.04 Å². The lowest BCUT2D eigenvalue weighted by Crippen LogP contribution is -2.47. The number of fused-ring (bicyclic) bond motifs is 1. The summed E-state index contributed by atoms with van der Waals surface area (Å²) in [5.74, 6) is -1.78. The van der Waals surface area contributed by atoms with E-state index < -0.39 is 24.0 Å². The lowest BCUT2D eigenvalue weighted by atomic mass is 10.1. The van der Waals surface area contributed by atoms with Crippen LogP contribution in [0.2, 0.25) is 0 Å². The Labute approximate surface area is 134 Å². The number of hydrogen-bond acceptors (Lipinski definition) is 3. The normalized spacial score (nSPS) is 13.7. The first-order valence-electron chi connectivity index (χ1n) is 7.32. The predicted octanol–water partition coefficient (Wildman–Crippen LogP) is 1.84. The summed E-state index contributed by atoms with van der Waals surface area (Å²) in [6.07, 6.45) is 0.0951. The summed E-state index contributed by atoms with van der Waals surface area (Å²) in [7, 11) is 0. The average Bonchev–Trinajstić information content (AvgIpc) is 3.32. The van der Waals surface area contributed by atoms with Crippen LogP contribution in [0, 0.1) is 0 Å². The molecular formula is C18H19NO4. The summed E-state index contributed by atoms with van der Waals surface area (Å²) >= 11 is 0. The van der Waals surface area contributed by atoms with E-state index in [0.717, 1.165) is 0 Å². The Kier molecular flexibility index (Phi) is 5.49. The molecule has 3 rings (SSSR count). The molecule has 3 N–H and O–H groups in total. The van der Waals surface area contributed by atoms with Crippen LogP contribution in [-0.2, 0) is 11.2 Å². The summed E-state index contributed by atoms with van der Waals surface area (Å²) < 4.78 is 0. The quantitative estimate of drug-likeness (QED) is 0.686. The monoisotopic (exact) mass is 313 g/mol. The molecule has 2 aromatic carbocycles. The van der Waals surface area contributed by atoms with Crippen molar-refractivity contribution in [3.8, 4) is 0 Å². The van der Waals surface area contributed by atoms with E-state index in [2.05, 4.69) is 29.6 Å². The Morgan fingerprint density at radius 2 is 1.52 bits per heavy atom. The van der Waals surface area contributed by atoms with Gasteiger partial charge in [-0.05, 0) is 36.6 Å². The number of amides is 1. The van der Waals surface area contributed by atoms with Gasteiger partial charge in [0, 0.05) is 5.56 Å². The molecule has 120 valence electrons. The fourth-order valence-electron chi connectivity index (χ4n) is 2.04. The summed E-state index contributed by atoms with van der Waals surface area (Å²) in [5.41, 5.74) is 3.42. The SMILES string of the molecule is CC(O)C(NC(=O)c1ccccc1)C(=O)O.c1ccc2c(c1)C2. The van der Waals surface area contributed by atoms with Crippen LogP contribution >= 0.6 is 0 Å². The highest BCUT2D eigenvalue weighted by atomic mass is 16.4. The van der Waals surface area contributed by atoms with Crippen LogP contribution in [0.15, 0.2) is 54.6 Å². The molecule has 0 saturated heterocycles. The first kappa shape index (κ1) is 16.7. The zero-order chi connectivity index (χ0) is 16.8. The maximum Gasteiger partial charge on any atom is 0.328 e. The highest BCUT2D eigenvalue weighted by Crippen LogP contribution is 2.25. The Hall–Kier alpha value is -2.66. The van der Waals surface area contributed by atoms with E-state index in [1.54, 1.807) is 30.3 Å². The molecule has 2 atom stereocenters. The number of rotatable bonds is 4. The summed E-state index contributed by atoms with van der Waals surface area (Å²) in [6.45, 7) is 1.31. The summed E-state index contributed by atoms with van der Waals surface area (Å²) in [4.78, 5) is 22.3. The number of hydrogen-bond donors (Lipinski definition) is 3. The molecule has 1 aliphatic carbocycles. The lowest BCUT2D eigenvalue weighted by molar-refractivity contribution is -0.141. The van der Waals surface area contributed by atoms with Crippen LogP contribution in [-0.4, -0.2) is 34.2 Å². The maximum atomic E-state index is 11.6. The number of carbonyl (C=O) groups is 2. The van der Waals surface area contributed by atoms with Crippen molar-refractivity contribution in [2.75, 3.05) is 0 Å². The Balaban J connectivity index is 0.000000223. The number of carboxylic acids is 1. The van der Waals surface area contributed by atoms with E-state index in [0.29, 0.717) is 5.56 Å². The molecule has 2 aromatic rings. The van der Waals surface area contributed by atoms with Gasteiger partial charge in [0.05, 0.1) is 6.10 Å². The van der Waals surface area contributed by atoms with Crippen LogP contribution < -0.4 is 5.32 Å². The van der Waals surface area contributed by atoms with Crippen molar-refractivity contribution in [3.63, 3.8) is 0 Å². The Morgan fingerprint density at radius 3 is 1.96 bits per heavy atom. The molecule has 1 aliphatic rings. The topological polar surface area (TPSA) is 86.6 Å². The molecule has 5 nitrogen and oxygen atoms in total. The first-order valence-corrected chi connectivity index (χ1v) is 7.32. The van der Waals surface area contributed by atoms with Gasteiger partial charge in [-0.2, -0.15) is 0 Å². The van der Waals surface area contributed by atoms with Crippen LogP contribution in [0.4, 0.5) is 0 Å². The first-order chi connectivity index (χ1) is 11.0. The molecule has 0 aliphatic heterocycles. The second-order valence-corrected chi connectivity index (χ2v) is 5.34. The zero-order valence-corrected chi connectivity index (χ0v) is 12.8. The molecule has 2 unspecified atom stereocenters. The van der Waals surface area contributed by atoms with Gasteiger partial charge in [-0.25, -0.2) is 4.79 Å². The van der Waals surface area contributed by atoms with Gasteiger partial charge in [-0.3, -0.25) is 4.79 Å². The van der Waals surface area contributed by atoms with Crippen molar-refractivity contribution in [2.45, 2.75) is 25.5 Å². The molecule has 0 radical (unpaired) electrons. The van der Waals surface area contributed by atoms with Gasteiger partial charge >= 0.3 is 5.97 Å². The van der Waals surface area contributed by atoms with Crippen molar-refractivity contribution in [2.24, 2.45) is 0 Å². The largest absolute Gasteiger partial charge is 0.480 e. The third-order valence-electron chi connectivity index (χ3n) is 3.45. The van der Waals surface area contributed by atoms with E-state index in [9.17, 15) is 14.7 Å². The minimum absolute atomic E-state index is 0.356. The van der Waals surface area contributed by atoms with Gasteiger partial charge in [0.1, 0.15) is 0 Å². The minimum atomic E-state index is -1.30. The van der Waals surface area contributed by atoms with E-state index >= 15 is 0 Å². The van der Waals surface area contributed by atoms with Gasteiger partial charge in [0.25, 0.3) is 5.91 Å². The average molecular weight is 313 g/mol. The van der Waals surface area contributed by atoms with E-state index in [-0.39, 0.29) is 0 Å². The maximum absolute atomic E-state index is 11.6. The number of benzene rings is 2. The minimum Gasteiger partial charge on any atom is -0.480 e. The van der Waals surface area contributed by atoms with Crippen molar-refractivity contribution in [3.05, 3.63) is 71.3 Å². The van der Waals surface area contributed by atoms with Crippen LogP contribution in [0.1, 0.15) is 28.4 Å². The zero-order valence-electron chi connectivity index (χ0n) is 12.8. The second kappa shape index (κ2) is 7.56. The fraction of sp³-hybridized carbons (Fsp3) is 0.222. The molecule has 0 heterocycles. The molecule has 0 saturated carbocycles. The molecule has 0 bridgehead atoms. The fourth-order valence-corrected chi connectivity index (χ4v) is 2.04. The van der Waals surface area contributed by atoms with Crippen LogP contribution in [0.25, 0.3) is 0 Å². The Bertz CT molecular complexity index is 661. The predicted molar refractivity (Wildman–Crippen MR) is 86.3 cm³/mol. The smallest absolute Gasteiger partial charge is 0.328 e. The second-order valence-electron chi connectivity index (χ2n) is 5.34. The molecule has 0 spiro atoms. The van der Waals surface area contributed by atoms with Crippen molar-refractivity contribution in [1.29, 1.82) is 0 Å². The van der Waals surface area contributed by atoms with E-state index in [1.165, 1.54) is 24.5 Å². The standard InChI is InChI=1S/C11H13NO4.C7H6/c1-7(13)9(11(15)16)12-10(14)8-5-3-2-4-6-8;1-2-4-7-5-6(7)3-1/h2-7,9,13H,1H3,(H,12,14)(H,15,16);1-4H,5H2. The highest BCUT2D eigenvalue weighted by molar-refractivity contribution is 5.96. The number of aliphatic hydroxyl groups excluding tert-OH is 1. The molecular weight excluding hydrogens is 294 g/mol. The van der Waals surface area contributed by atoms with Crippen LogP contribution in [0.5, 0.6) is 0 Å². The molecule has 0 aromatic heterocycles. The summed E-state index contributed by atoms with van der Waals surface area (Å²) in [5, 5.41) is 20.2. The molecule has 1 amide bonds. The lowest BCUT2D eigenvalue weighted by Gasteiger charge is -2.16. The van der Waals surface area contributed by atoms with Crippen LogP contribution in [0.3, 0.4) is 0 Å².